The number of fused-ring (bicyclic) bond motifs is 2. The summed E-state index contributed by atoms with van der Waals surface area (Å²) < 4.78 is 0. The number of benzene rings is 2. The van der Waals surface area contributed by atoms with Crippen LogP contribution >= 0.6 is 0 Å². The van der Waals surface area contributed by atoms with E-state index in [1.165, 1.54) is 54.4 Å². The fourth-order valence-corrected chi connectivity index (χ4v) is 4.42. The quantitative estimate of drug-likeness (QED) is 0.451. The van der Waals surface area contributed by atoms with E-state index in [-0.39, 0.29) is 11.5 Å². The van der Waals surface area contributed by atoms with Gasteiger partial charge in [-0.15, -0.1) is 0 Å². The van der Waals surface area contributed by atoms with Crippen LogP contribution in [0.5, 0.6) is 11.5 Å². The summed E-state index contributed by atoms with van der Waals surface area (Å²) in [5.74, 6) is 0.558. The second-order valence-corrected chi connectivity index (χ2v) is 7.46. The number of rotatable bonds is 2. The van der Waals surface area contributed by atoms with Crippen molar-refractivity contribution < 1.29 is 10.2 Å². The van der Waals surface area contributed by atoms with E-state index in [1.807, 2.05) is 0 Å². The van der Waals surface area contributed by atoms with Crippen molar-refractivity contribution >= 4 is 10.9 Å². The van der Waals surface area contributed by atoms with Crippen molar-refractivity contribution in [3.63, 3.8) is 0 Å². The van der Waals surface area contributed by atoms with Crippen molar-refractivity contribution in [3.05, 3.63) is 59.3 Å². The first kappa shape index (κ1) is 17.9. The molecule has 1 aliphatic heterocycles. The third kappa shape index (κ3) is 3.53. The maximum atomic E-state index is 9.04. The summed E-state index contributed by atoms with van der Waals surface area (Å²) in [4.78, 5) is 3.40. The van der Waals surface area contributed by atoms with Crippen molar-refractivity contribution in [1.82, 2.24) is 10.3 Å². The molecule has 0 spiro atoms. The summed E-state index contributed by atoms with van der Waals surface area (Å²) in [5, 5.41) is 23.2. The molecule has 0 bridgehead atoms. The van der Waals surface area contributed by atoms with Crippen LogP contribution in [0.15, 0.2) is 42.6 Å². The standard InChI is InChI=1S/C14H16N2.C8H11NO2/c1-3-11-10-4-2-6-15-13(10)7-9-8-16-12(5-1)14(9)11;9-4-3-6-1-2-7(10)8(11)5-6/h1,3,5,8,10,13,15-16H,2,4,6-7H2;1-2,5,10-11H,3-4,9H2/t10-,13-;/m1./s1. The summed E-state index contributed by atoms with van der Waals surface area (Å²) >= 11 is 0. The second-order valence-electron chi connectivity index (χ2n) is 7.46. The van der Waals surface area contributed by atoms with Gasteiger partial charge in [-0.1, -0.05) is 18.2 Å². The monoisotopic (exact) mass is 365 g/mol. The first-order valence-corrected chi connectivity index (χ1v) is 9.70. The summed E-state index contributed by atoms with van der Waals surface area (Å²) in [7, 11) is 0. The highest BCUT2D eigenvalue weighted by atomic mass is 16.3. The lowest BCUT2D eigenvalue weighted by atomic mass is 9.76. The molecule has 1 aromatic heterocycles. The Labute approximate surface area is 159 Å². The Morgan fingerprint density at radius 3 is 2.81 bits per heavy atom. The molecule has 3 aromatic rings. The zero-order chi connectivity index (χ0) is 18.8. The molecule has 0 unspecified atom stereocenters. The zero-order valence-electron chi connectivity index (χ0n) is 15.4. The third-order valence-electron chi connectivity index (χ3n) is 5.72. The Morgan fingerprint density at radius 2 is 2.00 bits per heavy atom. The Kier molecular flexibility index (Phi) is 5.05. The number of nitrogens with one attached hydrogen (secondary N) is 2. The lowest BCUT2D eigenvalue weighted by molar-refractivity contribution is 0.345. The van der Waals surface area contributed by atoms with E-state index in [0.717, 1.165) is 11.5 Å². The number of phenolic OH excluding ortho intramolecular Hbond substituents is 2. The predicted molar refractivity (Wildman–Crippen MR) is 108 cm³/mol. The molecule has 5 rings (SSSR count). The van der Waals surface area contributed by atoms with Gasteiger partial charge in [0, 0.05) is 29.1 Å². The van der Waals surface area contributed by atoms with Crippen molar-refractivity contribution in [3.8, 4) is 11.5 Å². The summed E-state index contributed by atoms with van der Waals surface area (Å²) in [6, 6.07) is 12.1. The number of aromatic amines is 1. The molecule has 27 heavy (non-hydrogen) atoms. The van der Waals surface area contributed by atoms with E-state index >= 15 is 0 Å². The number of phenols is 2. The van der Waals surface area contributed by atoms with Gasteiger partial charge < -0.3 is 26.2 Å². The summed E-state index contributed by atoms with van der Waals surface area (Å²) in [6.07, 6.45) is 6.77. The molecule has 5 nitrogen and oxygen atoms in total. The van der Waals surface area contributed by atoms with Crippen LogP contribution in [0.3, 0.4) is 0 Å². The van der Waals surface area contributed by atoms with Gasteiger partial charge in [-0.3, -0.25) is 0 Å². The van der Waals surface area contributed by atoms with Crippen molar-refractivity contribution in [1.29, 1.82) is 0 Å². The topological polar surface area (TPSA) is 94.3 Å². The largest absolute Gasteiger partial charge is 0.504 e. The van der Waals surface area contributed by atoms with Crippen LogP contribution in [0.2, 0.25) is 0 Å². The number of nitrogens with two attached hydrogens (primary N) is 1. The Morgan fingerprint density at radius 1 is 1.11 bits per heavy atom. The molecular weight excluding hydrogens is 338 g/mol. The first-order valence-electron chi connectivity index (χ1n) is 9.70. The number of H-pyrrole nitrogens is 1. The lowest BCUT2D eigenvalue weighted by Crippen LogP contribution is -2.43. The highest BCUT2D eigenvalue weighted by molar-refractivity contribution is 5.88. The molecule has 2 atom stereocenters. The van der Waals surface area contributed by atoms with Crippen molar-refractivity contribution in [2.24, 2.45) is 5.73 Å². The number of aromatic nitrogens is 1. The number of hydrogen-bond acceptors (Lipinski definition) is 4. The number of aromatic hydroxyl groups is 2. The summed E-state index contributed by atoms with van der Waals surface area (Å²) in [5.41, 5.74) is 10.6. The average molecular weight is 365 g/mol. The third-order valence-corrected chi connectivity index (χ3v) is 5.72. The predicted octanol–water partition coefficient (Wildman–Crippen LogP) is 3.16. The highest BCUT2D eigenvalue weighted by Gasteiger charge is 2.32. The highest BCUT2D eigenvalue weighted by Crippen LogP contribution is 2.40. The van der Waals surface area contributed by atoms with Crippen molar-refractivity contribution in [2.45, 2.75) is 37.6 Å². The molecule has 2 heterocycles. The summed E-state index contributed by atoms with van der Waals surface area (Å²) in [6.45, 7) is 1.74. The minimum atomic E-state index is -0.0919. The van der Waals surface area contributed by atoms with Gasteiger partial charge in [0.15, 0.2) is 11.5 Å². The fourth-order valence-electron chi connectivity index (χ4n) is 4.42. The Bertz CT molecular complexity index is 934. The van der Waals surface area contributed by atoms with Crippen molar-refractivity contribution in [2.75, 3.05) is 13.1 Å². The molecule has 2 aromatic carbocycles. The van der Waals surface area contributed by atoms with E-state index in [2.05, 4.69) is 34.7 Å². The molecule has 5 heteroatoms. The molecule has 0 radical (unpaired) electrons. The van der Waals surface area contributed by atoms with Crippen LogP contribution in [0.25, 0.3) is 10.9 Å². The SMILES string of the molecule is NCCc1ccc(O)c(O)c1.c1cc2c3c(c[nH]c3c1)C[C@H]1NCCC[C@H]21. The van der Waals surface area contributed by atoms with Gasteiger partial charge in [0.2, 0.25) is 0 Å². The molecule has 1 saturated heterocycles. The molecule has 0 saturated carbocycles. The minimum absolute atomic E-state index is 0.0871. The van der Waals surface area contributed by atoms with Gasteiger partial charge in [-0.25, -0.2) is 0 Å². The molecular formula is C22H27N3O2. The van der Waals surface area contributed by atoms with Gasteiger partial charge in [-0.05, 0) is 73.7 Å². The van der Waals surface area contributed by atoms with E-state index in [4.69, 9.17) is 15.9 Å². The lowest BCUT2D eigenvalue weighted by Gasteiger charge is -2.36. The minimum Gasteiger partial charge on any atom is -0.504 e. The van der Waals surface area contributed by atoms with Crippen LogP contribution in [-0.4, -0.2) is 34.3 Å². The Balaban J connectivity index is 0.000000145. The maximum absolute atomic E-state index is 9.04. The number of piperidine rings is 1. The normalized spacial score (nSPS) is 20.6. The molecule has 1 fully saturated rings. The van der Waals surface area contributed by atoms with Gasteiger partial charge in [0.25, 0.3) is 0 Å². The van der Waals surface area contributed by atoms with Crippen LogP contribution in [0.4, 0.5) is 0 Å². The molecule has 1 aliphatic carbocycles. The zero-order valence-corrected chi connectivity index (χ0v) is 15.4. The van der Waals surface area contributed by atoms with Crippen LogP contribution in [0.1, 0.15) is 35.4 Å². The maximum Gasteiger partial charge on any atom is 0.157 e. The number of hydrogen-bond donors (Lipinski definition) is 5. The van der Waals surface area contributed by atoms with E-state index in [0.29, 0.717) is 19.0 Å². The molecule has 142 valence electrons. The first-order chi connectivity index (χ1) is 13.2. The van der Waals surface area contributed by atoms with E-state index < -0.39 is 0 Å². The van der Waals surface area contributed by atoms with Gasteiger partial charge in [0.1, 0.15) is 0 Å². The Hall–Kier alpha value is -2.50. The van der Waals surface area contributed by atoms with Crippen LogP contribution < -0.4 is 11.1 Å². The molecule has 6 N–H and O–H groups in total. The van der Waals surface area contributed by atoms with E-state index in [1.54, 1.807) is 11.6 Å². The van der Waals surface area contributed by atoms with Gasteiger partial charge >= 0.3 is 0 Å². The smallest absolute Gasteiger partial charge is 0.157 e. The van der Waals surface area contributed by atoms with Gasteiger partial charge in [0.05, 0.1) is 0 Å². The molecule has 2 aliphatic rings. The van der Waals surface area contributed by atoms with Gasteiger partial charge in [-0.2, -0.15) is 0 Å². The molecule has 0 amide bonds. The second kappa shape index (κ2) is 7.62. The fraction of sp³-hybridized carbons (Fsp3) is 0.364. The average Bonchev–Trinajstić information content (AvgIpc) is 3.10. The van der Waals surface area contributed by atoms with E-state index in [9.17, 15) is 0 Å². The van der Waals surface area contributed by atoms with Crippen LogP contribution in [-0.2, 0) is 12.8 Å². The van der Waals surface area contributed by atoms with Crippen LogP contribution in [0, 0.1) is 0 Å².